The minimum Gasteiger partial charge on any atom is -0.467 e. The first-order valence-electron chi connectivity index (χ1n) is 7.81. The molecule has 124 valence electrons. The Bertz CT molecular complexity index is 947. The number of rotatable bonds is 4. The Labute approximate surface area is 148 Å². The van der Waals surface area contributed by atoms with E-state index in [0.717, 1.165) is 15.8 Å². The smallest absolute Gasteiger partial charge is 0.321 e. The molecular weight excluding hydrogens is 334 g/mol. The van der Waals surface area contributed by atoms with Crippen molar-refractivity contribution in [2.45, 2.75) is 6.04 Å². The Hall–Kier alpha value is -3.12. The highest BCUT2D eigenvalue weighted by Crippen LogP contribution is 2.26. The van der Waals surface area contributed by atoms with Gasteiger partial charge in [-0.05, 0) is 29.8 Å². The number of fused-ring (bicyclic) bond motifs is 1. The lowest BCUT2D eigenvalue weighted by Gasteiger charge is -2.17. The maximum absolute atomic E-state index is 12.5. The van der Waals surface area contributed by atoms with Crippen molar-refractivity contribution in [2.75, 3.05) is 5.32 Å². The van der Waals surface area contributed by atoms with E-state index in [4.69, 9.17) is 4.42 Å². The number of carbonyl (C=O) groups excluding carboxylic acids is 1. The van der Waals surface area contributed by atoms with Crippen LogP contribution in [-0.4, -0.2) is 11.0 Å². The number of amides is 2. The Morgan fingerprint density at radius 2 is 1.80 bits per heavy atom. The van der Waals surface area contributed by atoms with Gasteiger partial charge in [-0.2, -0.15) is 0 Å². The third-order valence-corrected chi connectivity index (χ3v) is 4.70. The lowest BCUT2D eigenvalue weighted by Crippen LogP contribution is -2.33. The van der Waals surface area contributed by atoms with Crippen LogP contribution in [0.25, 0.3) is 10.2 Å². The number of nitrogens with one attached hydrogen (secondary N) is 2. The van der Waals surface area contributed by atoms with E-state index in [9.17, 15) is 4.79 Å². The summed E-state index contributed by atoms with van der Waals surface area (Å²) in [5, 5.41) is 6.32. The van der Waals surface area contributed by atoms with E-state index in [1.807, 2.05) is 60.7 Å². The van der Waals surface area contributed by atoms with E-state index < -0.39 is 0 Å². The molecule has 5 nitrogen and oxygen atoms in total. The van der Waals surface area contributed by atoms with Crippen LogP contribution in [0.4, 0.5) is 9.93 Å². The maximum Gasteiger partial charge on any atom is 0.321 e. The fourth-order valence-electron chi connectivity index (χ4n) is 2.61. The molecule has 0 saturated carbocycles. The zero-order chi connectivity index (χ0) is 17.1. The summed E-state index contributed by atoms with van der Waals surface area (Å²) in [6, 6.07) is 20.4. The van der Waals surface area contributed by atoms with Gasteiger partial charge in [0, 0.05) is 0 Å². The van der Waals surface area contributed by atoms with Gasteiger partial charge in [0.25, 0.3) is 0 Å². The molecular formula is C19H15N3O2S. The highest BCUT2D eigenvalue weighted by atomic mass is 32.1. The van der Waals surface area contributed by atoms with Crippen molar-refractivity contribution < 1.29 is 9.21 Å². The van der Waals surface area contributed by atoms with Crippen molar-refractivity contribution in [3.05, 3.63) is 84.3 Å². The molecule has 4 aromatic rings. The van der Waals surface area contributed by atoms with Crippen LogP contribution in [0, 0.1) is 0 Å². The summed E-state index contributed by atoms with van der Waals surface area (Å²) in [5.74, 6) is 0.672. The number of para-hydroxylation sites is 1. The molecule has 1 atom stereocenters. The van der Waals surface area contributed by atoms with Crippen LogP contribution in [0.2, 0.25) is 0 Å². The molecule has 0 aliphatic heterocycles. The molecule has 0 fully saturated rings. The quantitative estimate of drug-likeness (QED) is 0.556. The number of furan rings is 1. The first-order chi connectivity index (χ1) is 12.3. The highest BCUT2D eigenvalue weighted by molar-refractivity contribution is 7.22. The number of hydrogen-bond donors (Lipinski definition) is 2. The van der Waals surface area contributed by atoms with Gasteiger partial charge in [0.1, 0.15) is 11.8 Å². The van der Waals surface area contributed by atoms with Gasteiger partial charge in [0.05, 0.1) is 16.5 Å². The molecule has 0 saturated heterocycles. The normalized spacial score (nSPS) is 12.0. The van der Waals surface area contributed by atoms with Crippen LogP contribution >= 0.6 is 11.3 Å². The van der Waals surface area contributed by atoms with Crippen LogP contribution in [0.15, 0.2) is 77.4 Å². The lowest BCUT2D eigenvalue weighted by atomic mass is 10.1. The number of hydrogen-bond acceptors (Lipinski definition) is 4. The SMILES string of the molecule is O=C(Nc1nc2ccccc2s1)NC(c1ccccc1)c1ccco1. The average molecular weight is 349 g/mol. The standard InChI is InChI=1S/C19H15N3O2S/c23-18(22-19-20-14-9-4-5-11-16(14)25-19)21-17(15-10-6-12-24-15)13-7-2-1-3-8-13/h1-12,17H,(H2,20,21,22,23). The average Bonchev–Trinajstić information content (AvgIpc) is 3.29. The molecule has 2 N–H and O–H groups in total. The summed E-state index contributed by atoms with van der Waals surface area (Å²) in [6.07, 6.45) is 1.60. The molecule has 4 rings (SSSR count). The number of nitrogens with zero attached hydrogens (tertiary/aromatic N) is 1. The summed E-state index contributed by atoms with van der Waals surface area (Å²) < 4.78 is 6.52. The summed E-state index contributed by atoms with van der Waals surface area (Å²) in [5.41, 5.74) is 1.81. The van der Waals surface area contributed by atoms with Gasteiger partial charge in [-0.1, -0.05) is 53.8 Å². The zero-order valence-electron chi connectivity index (χ0n) is 13.2. The summed E-state index contributed by atoms with van der Waals surface area (Å²) in [4.78, 5) is 16.9. The van der Waals surface area contributed by atoms with Crippen molar-refractivity contribution in [1.29, 1.82) is 0 Å². The summed E-state index contributed by atoms with van der Waals surface area (Å²) >= 11 is 1.44. The molecule has 25 heavy (non-hydrogen) atoms. The van der Waals surface area contributed by atoms with Crippen LogP contribution < -0.4 is 10.6 Å². The topological polar surface area (TPSA) is 67.2 Å². The van der Waals surface area contributed by atoms with Gasteiger partial charge in [-0.25, -0.2) is 9.78 Å². The van der Waals surface area contributed by atoms with Gasteiger partial charge in [0.15, 0.2) is 5.13 Å². The molecule has 2 heterocycles. The van der Waals surface area contributed by atoms with Crippen molar-refractivity contribution in [2.24, 2.45) is 0 Å². The van der Waals surface area contributed by atoms with E-state index in [2.05, 4.69) is 15.6 Å². The number of benzene rings is 2. The Balaban J connectivity index is 1.54. The first kappa shape index (κ1) is 15.4. The van der Waals surface area contributed by atoms with Gasteiger partial charge >= 0.3 is 6.03 Å². The monoisotopic (exact) mass is 349 g/mol. The van der Waals surface area contributed by atoms with Crippen molar-refractivity contribution >= 4 is 32.7 Å². The number of urea groups is 1. The minimum absolute atomic E-state index is 0.329. The van der Waals surface area contributed by atoms with Crippen LogP contribution in [0.3, 0.4) is 0 Å². The highest BCUT2D eigenvalue weighted by Gasteiger charge is 2.19. The fraction of sp³-hybridized carbons (Fsp3) is 0.0526. The predicted molar refractivity (Wildman–Crippen MR) is 98.8 cm³/mol. The van der Waals surface area contributed by atoms with Crippen molar-refractivity contribution in [3.63, 3.8) is 0 Å². The van der Waals surface area contributed by atoms with E-state index in [0.29, 0.717) is 10.9 Å². The van der Waals surface area contributed by atoms with Crippen molar-refractivity contribution in [1.82, 2.24) is 10.3 Å². The van der Waals surface area contributed by atoms with E-state index in [1.165, 1.54) is 11.3 Å². The molecule has 0 bridgehead atoms. The Morgan fingerprint density at radius 3 is 2.56 bits per heavy atom. The Morgan fingerprint density at radius 1 is 1.00 bits per heavy atom. The summed E-state index contributed by atoms with van der Waals surface area (Å²) in [7, 11) is 0. The number of carbonyl (C=O) groups is 1. The van der Waals surface area contributed by atoms with Crippen LogP contribution in [-0.2, 0) is 0 Å². The third-order valence-electron chi connectivity index (χ3n) is 3.75. The fourth-order valence-corrected chi connectivity index (χ4v) is 3.47. The predicted octanol–water partition coefficient (Wildman–Crippen LogP) is 4.80. The molecule has 0 aliphatic rings. The molecule has 6 heteroatoms. The van der Waals surface area contributed by atoms with Crippen LogP contribution in [0.5, 0.6) is 0 Å². The lowest BCUT2D eigenvalue weighted by molar-refractivity contribution is 0.248. The molecule has 2 aromatic heterocycles. The van der Waals surface area contributed by atoms with Gasteiger partial charge in [0.2, 0.25) is 0 Å². The second-order valence-electron chi connectivity index (χ2n) is 5.44. The maximum atomic E-state index is 12.5. The Kier molecular flexibility index (Phi) is 4.18. The molecule has 2 amide bonds. The van der Waals surface area contributed by atoms with Crippen molar-refractivity contribution in [3.8, 4) is 0 Å². The third kappa shape index (κ3) is 3.39. The summed E-state index contributed by atoms with van der Waals surface area (Å²) in [6.45, 7) is 0. The largest absolute Gasteiger partial charge is 0.467 e. The second-order valence-corrected chi connectivity index (χ2v) is 6.47. The van der Waals surface area contributed by atoms with Gasteiger partial charge < -0.3 is 9.73 Å². The minimum atomic E-state index is -0.370. The van der Waals surface area contributed by atoms with Gasteiger partial charge in [-0.15, -0.1) is 0 Å². The first-order valence-corrected chi connectivity index (χ1v) is 8.63. The second kappa shape index (κ2) is 6.78. The molecule has 0 radical (unpaired) electrons. The molecule has 1 unspecified atom stereocenters. The zero-order valence-corrected chi connectivity index (χ0v) is 14.0. The number of aromatic nitrogens is 1. The van der Waals surface area contributed by atoms with E-state index in [-0.39, 0.29) is 12.1 Å². The molecule has 2 aromatic carbocycles. The van der Waals surface area contributed by atoms with E-state index >= 15 is 0 Å². The molecule has 0 aliphatic carbocycles. The molecule has 0 spiro atoms. The number of thiazole rings is 1. The number of anilines is 1. The van der Waals surface area contributed by atoms with Gasteiger partial charge in [-0.3, -0.25) is 5.32 Å². The van der Waals surface area contributed by atoms with E-state index in [1.54, 1.807) is 12.3 Å². The van der Waals surface area contributed by atoms with Crippen LogP contribution in [0.1, 0.15) is 17.4 Å².